The number of carbonyl (C=O) groups is 2. The van der Waals surface area contributed by atoms with E-state index in [2.05, 4.69) is 5.32 Å². The maximum absolute atomic E-state index is 11.9. The van der Waals surface area contributed by atoms with Crippen LogP contribution < -0.4 is 10.1 Å². The highest BCUT2D eigenvalue weighted by Gasteiger charge is 2.08. The van der Waals surface area contributed by atoms with E-state index >= 15 is 0 Å². The first-order chi connectivity index (χ1) is 10.5. The highest BCUT2D eigenvalue weighted by Crippen LogP contribution is 2.18. The van der Waals surface area contributed by atoms with Crippen molar-refractivity contribution in [3.63, 3.8) is 0 Å². The van der Waals surface area contributed by atoms with Gasteiger partial charge < -0.3 is 15.2 Å². The number of carbonyl (C=O) groups excluding carboxylic acids is 1. The Morgan fingerprint density at radius 2 is 1.86 bits per heavy atom. The zero-order valence-electron chi connectivity index (χ0n) is 12.4. The number of hydrogen-bond acceptors (Lipinski definition) is 3. The Hall–Kier alpha value is -2.82. The van der Waals surface area contributed by atoms with Crippen molar-refractivity contribution >= 4 is 17.6 Å². The van der Waals surface area contributed by atoms with Crippen LogP contribution in [0.3, 0.4) is 0 Å². The number of carboxylic acids is 1. The predicted molar refractivity (Wildman–Crippen MR) is 83.4 cm³/mol. The number of benzene rings is 2. The summed E-state index contributed by atoms with van der Waals surface area (Å²) >= 11 is 0. The topological polar surface area (TPSA) is 75.6 Å². The van der Waals surface area contributed by atoms with Crippen LogP contribution in [0.15, 0.2) is 42.5 Å². The monoisotopic (exact) mass is 299 g/mol. The minimum absolute atomic E-state index is 0.118. The highest BCUT2D eigenvalue weighted by atomic mass is 16.5. The van der Waals surface area contributed by atoms with Crippen molar-refractivity contribution < 1.29 is 19.4 Å². The summed E-state index contributed by atoms with van der Waals surface area (Å²) in [5.41, 5.74) is 2.96. The number of ether oxygens (including phenoxy) is 1. The van der Waals surface area contributed by atoms with Crippen LogP contribution in [0.2, 0.25) is 0 Å². The summed E-state index contributed by atoms with van der Waals surface area (Å²) in [6, 6.07) is 11.7. The van der Waals surface area contributed by atoms with Crippen LogP contribution in [-0.4, -0.2) is 23.6 Å². The van der Waals surface area contributed by atoms with E-state index in [9.17, 15) is 9.59 Å². The fourth-order valence-electron chi connectivity index (χ4n) is 1.94. The third kappa shape index (κ3) is 3.85. The minimum atomic E-state index is -1.04. The second-order valence-electron chi connectivity index (χ2n) is 4.92. The fourth-order valence-corrected chi connectivity index (χ4v) is 1.94. The molecule has 0 saturated heterocycles. The molecule has 2 rings (SSSR count). The van der Waals surface area contributed by atoms with Gasteiger partial charge in [0.25, 0.3) is 5.91 Å². The van der Waals surface area contributed by atoms with Crippen molar-refractivity contribution in [1.29, 1.82) is 0 Å². The molecule has 2 aromatic carbocycles. The quantitative estimate of drug-likeness (QED) is 0.890. The average Bonchev–Trinajstić information content (AvgIpc) is 2.50. The number of carboxylic acid groups (broad SMARTS) is 1. The van der Waals surface area contributed by atoms with E-state index in [4.69, 9.17) is 9.84 Å². The summed E-state index contributed by atoms with van der Waals surface area (Å²) < 4.78 is 5.33. The van der Waals surface area contributed by atoms with Crippen molar-refractivity contribution in [2.45, 2.75) is 13.8 Å². The van der Waals surface area contributed by atoms with Crippen LogP contribution in [0.1, 0.15) is 21.5 Å². The van der Waals surface area contributed by atoms with Gasteiger partial charge in [-0.2, -0.15) is 0 Å². The van der Waals surface area contributed by atoms with E-state index < -0.39 is 5.97 Å². The average molecular weight is 299 g/mol. The van der Waals surface area contributed by atoms with Crippen molar-refractivity contribution in [2.75, 3.05) is 11.9 Å². The number of rotatable bonds is 5. The molecule has 5 heteroatoms. The van der Waals surface area contributed by atoms with Gasteiger partial charge in [0.05, 0.1) is 5.56 Å². The molecule has 0 saturated carbocycles. The molecule has 0 aliphatic carbocycles. The summed E-state index contributed by atoms with van der Waals surface area (Å²) in [6.07, 6.45) is 0. The Labute approximate surface area is 128 Å². The molecule has 0 heterocycles. The molecule has 0 bridgehead atoms. The molecular formula is C17H17NO4. The zero-order chi connectivity index (χ0) is 16.1. The number of aryl methyl sites for hydroxylation is 1. The van der Waals surface area contributed by atoms with Crippen molar-refractivity contribution in [3.05, 3.63) is 59.2 Å². The van der Waals surface area contributed by atoms with Gasteiger partial charge in [0.1, 0.15) is 5.75 Å². The van der Waals surface area contributed by atoms with E-state index in [1.807, 2.05) is 32.0 Å². The van der Waals surface area contributed by atoms with Crippen LogP contribution in [0.5, 0.6) is 5.75 Å². The van der Waals surface area contributed by atoms with Gasteiger partial charge in [-0.25, -0.2) is 4.79 Å². The fraction of sp³-hybridized carbons (Fsp3) is 0.176. The lowest BCUT2D eigenvalue weighted by Gasteiger charge is -2.11. The third-order valence-electron chi connectivity index (χ3n) is 3.33. The molecule has 0 unspecified atom stereocenters. The normalized spacial score (nSPS) is 10.1. The lowest BCUT2D eigenvalue weighted by molar-refractivity contribution is -0.118. The second kappa shape index (κ2) is 6.76. The lowest BCUT2D eigenvalue weighted by atomic mass is 10.1. The molecule has 0 spiro atoms. The molecule has 22 heavy (non-hydrogen) atoms. The molecule has 0 aliphatic rings. The molecule has 2 aromatic rings. The highest BCUT2D eigenvalue weighted by molar-refractivity contribution is 5.93. The molecule has 114 valence electrons. The van der Waals surface area contributed by atoms with Crippen LogP contribution in [0.25, 0.3) is 0 Å². The molecular weight excluding hydrogens is 282 g/mol. The summed E-state index contributed by atoms with van der Waals surface area (Å²) in [5, 5.41) is 11.7. The van der Waals surface area contributed by atoms with E-state index in [1.165, 1.54) is 12.1 Å². The molecule has 1 amide bonds. The molecule has 0 aliphatic heterocycles. The van der Waals surface area contributed by atoms with Gasteiger partial charge in [-0.3, -0.25) is 4.79 Å². The van der Waals surface area contributed by atoms with Crippen LogP contribution >= 0.6 is 0 Å². The SMILES string of the molecule is Cc1cccc(NC(=O)COc2cccc(C(=O)O)c2)c1C. The van der Waals surface area contributed by atoms with Gasteiger partial charge in [-0.05, 0) is 49.2 Å². The largest absolute Gasteiger partial charge is 0.484 e. The number of aromatic carboxylic acids is 1. The Balaban J connectivity index is 1.97. The van der Waals surface area contributed by atoms with Gasteiger partial charge in [-0.1, -0.05) is 18.2 Å². The van der Waals surface area contributed by atoms with Crippen LogP contribution in [0, 0.1) is 13.8 Å². The van der Waals surface area contributed by atoms with E-state index in [1.54, 1.807) is 12.1 Å². The van der Waals surface area contributed by atoms with Gasteiger partial charge >= 0.3 is 5.97 Å². The number of anilines is 1. The Morgan fingerprint density at radius 1 is 1.14 bits per heavy atom. The Bertz CT molecular complexity index is 710. The van der Waals surface area contributed by atoms with E-state index in [0.717, 1.165) is 16.8 Å². The molecule has 5 nitrogen and oxygen atoms in total. The predicted octanol–water partition coefficient (Wildman–Crippen LogP) is 3.02. The zero-order valence-corrected chi connectivity index (χ0v) is 12.4. The number of hydrogen-bond donors (Lipinski definition) is 2. The molecule has 0 radical (unpaired) electrons. The summed E-state index contributed by atoms with van der Waals surface area (Å²) in [7, 11) is 0. The van der Waals surface area contributed by atoms with Gasteiger partial charge in [0.2, 0.25) is 0 Å². The smallest absolute Gasteiger partial charge is 0.335 e. The first-order valence-corrected chi connectivity index (χ1v) is 6.79. The number of amides is 1. The van der Waals surface area contributed by atoms with Crippen LogP contribution in [-0.2, 0) is 4.79 Å². The first kappa shape index (κ1) is 15.6. The van der Waals surface area contributed by atoms with Crippen molar-refractivity contribution in [3.8, 4) is 5.75 Å². The molecule has 0 atom stereocenters. The van der Waals surface area contributed by atoms with Gasteiger partial charge in [0, 0.05) is 5.69 Å². The number of nitrogens with one attached hydrogen (secondary N) is 1. The summed E-state index contributed by atoms with van der Waals surface area (Å²) in [5.74, 6) is -0.990. The van der Waals surface area contributed by atoms with E-state index in [-0.39, 0.29) is 18.1 Å². The Kier molecular flexibility index (Phi) is 4.78. The molecule has 0 aromatic heterocycles. The standard InChI is InChI=1S/C17H17NO4/c1-11-5-3-8-15(12(11)2)18-16(19)10-22-14-7-4-6-13(9-14)17(20)21/h3-9H,10H2,1-2H3,(H,18,19)(H,20,21). The maximum atomic E-state index is 11.9. The van der Waals surface area contributed by atoms with Crippen molar-refractivity contribution in [2.24, 2.45) is 0 Å². The summed E-state index contributed by atoms with van der Waals surface area (Å²) in [4.78, 5) is 22.8. The molecule has 2 N–H and O–H groups in total. The van der Waals surface area contributed by atoms with Gasteiger partial charge in [-0.15, -0.1) is 0 Å². The van der Waals surface area contributed by atoms with Gasteiger partial charge in [0.15, 0.2) is 6.61 Å². The van der Waals surface area contributed by atoms with Crippen LogP contribution in [0.4, 0.5) is 5.69 Å². The minimum Gasteiger partial charge on any atom is -0.484 e. The lowest BCUT2D eigenvalue weighted by Crippen LogP contribution is -2.20. The second-order valence-corrected chi connectivity index (χ2v) is 4.92. The third-order valence-corrected chi connectivity index (χ3v) is 3.33. The Morgan fingerprint density at radius 3 is 2.59 bits per heavy atom. The summed E-state index contributed by atoms with van der Waals surface area (Å²) in [6.45, 7) is 3.72. The van der Waals surface area contributed by atoms with E-state index in [0.29, 0.717) is 5.75 Å². The molecule has 0 fully saturated rings. The first-order valence-electron chi connectivity index (χ1n) is 6.79. The maximum Gasteiger partial charge on any atom is 0.335 e. The van der Waals surface area contributed by atoms with Crippen molar-refractivity contribution in [1.82, 2.24) is 0 Å².